The second-order valence-corrected chi connectivity index (χ2v) is 11.1. The van der Waals surface area contributed by atoms with Crippen LogP contribution in [0.3, 0.4) is 0 Å². The van der Waals surface area contributed by atoms with Crippen molar-refractivity contribution in [1.29, 1.82) is 0 Å². The SMILES string of the molecule is CS(=O)(=O)c1ccc(-c2ccc(OCC3CCN(C(=O)C4CCCCC4)CC3)nc2)cc1. The number of hydrogen-bond donors (Lipinski definition) is 0. The molecule has 2 fully saturated rings. The summed E-state index contributed by atoms with van der Waals surface area (Å²) in [4.78, 5) is 19.5. The molecule has 0 radical (unpaired) electrons. The van der Waals surface area contributed by atoms with Crippen LogP contribution in [-0.2, 0) is 14.6 Å². The lowest BCUT2D eigenvalue weighted by Gasteiger charge is -2.35. The molecule has 0 spiro atoms. The first kappa shape index (κ1) is 22.8. The highest BCUT2D eigenvalue weighted by molar-refractivity contribution is 7.90. The molecule has 2 aliphatic rings. The van der Waals surface area contributed by atoms with Crippen molar-refractivity contribution in [3.8, 4) is 17.0 Å². The number of nitrogens with zero attached hydrogens (tertiary/aromatic N) is 2. The number of ether oxygens (including phenoxy) is 1. The maximum absolute atomic E-state index is 12.7. The van der Waals surface area contributed by atoms with Gasteiger partial charge in [-0.25, -0.2) is 13.4 Å². The molecule has 1 aliphatic heterocycles. The average Bonchev–Trinajstić information content (AvgIpc) is 2.83. The number of carbonyl (C=O) groups excluding carboxylic acids is 1. The molecular formula is C25H32N2O4S. The second kappa shape index (κ2) is 10.0. The van der Waals surface area contributed by atoms with Crippen LogP contribution in [-0.4, -0.2) is 50.2 Å². The van der Waals surface area contributed by atoms with Gasteiger partial charge in [0.2, 0.25) is 11.8 Å². The monoisotopic (exact) mass is 456 g/mol. The highest BCUT2D eigenvalue weighted by Crippen LogP contribution is 2.28. The number of carbonyl (C=O) groups is 1. The van der Waals surface area contributed by atoms with E-state index < -0.39 is 9.84 Å². The molecule has 1 aromatic heterocycles. The van der Waals surface area contributed by atoms with Gasteiger partial charge in [-0.05, 0) is 55.4 Å². The summed E-state index contributed by atoms with van der Waals surface area (Å²) >= 11 is 0. The Morgan fingerprint density at radius 3 is 2.22 bits per heavy atom. The number of hydrogen-bond acceptors (Lipinski definition) is 5. The Hall–Kier alpha value is -2.41. The summed E-state index contributed by atoms with van der Waals surface area (Å²) < 4.78 is 29.1. The Bertz CT molecular complexity index is 1000. The Labute approximate surface area is 190 Å². The highest BCUT2D eigenvalue weighted by Gasteiger charge is 2.29. The van der Waals surface area contributed by atoms with E-state index in [4.69, 9.17) is 4.74 Å². The van der Waals surface area contributed by atoms with E-state index in [1.807, 2.05) is 12.1 Å². The summed E-state index contributed by atoms with van der Waals surface area (Å²) in [6, 6.07) is 10.6. The van der Waals surface area contributed by atoms with Gasteiger partial charge in [0, 0.05) is 43.1 Å². The molecule has 1 aromatic carbocycles. The topological polar surface area (TPSA) is 76.6 Å². The zero-order valence-corrected chi connectivity index (χ0v) is 19.5. The quantitative estimate of drug-likeness (QED) is 0.646. The normalized spacial score (nSPS) is 18.5. The third kappa shape index (κ3) is 5.68. The van der Waals surface area contributed by atoms with Crippen molar-refractivity contribution >= 4 is 15.7 Å². The summed E-state index contributed by atoms with van der Waals surface area (Å²) in [7, 11) is -3.20. The van der Waals surface area contributed by atoms with Crippen LogP contribution in [0.25, 0.3) is 11.1 Å². The summed E-state index contributed by atoms with van der Waals surface area (Å²) in [5, 5.41) is 0. The van der Waals surface area contributed by atoms with E-state index in [1.165, 1.54) is 25.5 Å². The number of pyridine rings is 1. The molecule has 1 saturated carbocycles. The van der Waals surface area contributed by atoms with Gasteiger partial charge in [-0.3, -0.25) is 4.79 Å². The van der Waals surface area contributed by atoms with E-state index in [0.29, 0.717) is 29.2 Å². The Morgan fingerprint density at radius 2 is 1.62 bits per heavy atom. The van der Waals surface area contributed by atoms with Crippen molar-refractivity contribution < 1.29 is 17.9 Å². The summed E-state index contributed by atoms with van der Waals surface area (Å²) in [6.07, 6.45) is 10.7. The molecular weight excluding hydrogens is 424 g/mol. The van der Waals surface area contributed by atoms with E-state index in [9.17, 15) is 13.2 Å². The van der Waals surface area contributed by atoms with Crippen molar-refractivity contribution in [3.63, 3.8) is 0 Å². The first-order chi connectivity index (χ1) is 15.4. The minimum absolute atomic E-state index is 0.252. The number of benzene rings is 1. The molecule has 4 rings (SSSR count). The first-order valence-corrected chi connectivity index (χ1v) is 13.5. The molecule has 2 heterocycles. The standard InChI is InChI=1S/C25H32N2O4S/c1-32(29,30)23-10-7-20(8-11-23)22-9-12-24(26-17-22)31-18-19-13-15-27(16-14-19)25(28)21-5-3-2-4-6-21/h7-12,17,19,21H,2-6,13-16,18H2,1H3. The molecule has 1 saturated heterocycles. The molecule has 0 atom stereocenters. The molecule has 1 aliphatic carbocycles. The van der Waals surface area contributed by atoms with Crippen LogP contribution in [0.15, 0.2) is 47.5 Å². The molecule has 7 heteroatoms. The average molecular weight is 457 g/mol. The van der Waals surface area contributed by atoms with Crippen LogP contribution < -0.4 is 4.74 Å². The van der Waals surface area contributed by atoms with E-state index in [2.05, 4.69) is 9.88 Å². The fourth-order valence-electron chi connectivity index (χ4n) is 4.66. The van der Waals surface area contributed by atoms with Crippen LogP contribution in [0.1, 0.15) is 44.9 Å². The maximum Gasteiger partial charge on any atom is 0.225 e. The number of likely N-dealkylation sites (tertiary alicyclic amines) is 1. The Balaban J connectivity index is 1.25. The van der Waals surface area contributed by atoms with Crippen LogP contribution in [0.4, 0.5) is 0 Å². The predicted octanol–water partition coefficient (Wildman–Crippen LogP) is 4.35. The van der Waals surface area contributed by atoms with Crippen molar-refractivity contribution in [1.82, 2.24) is 9.88 Å². The van der Waals surface area contributed by atoms with Gasteiger partial charge in [-0.15, -0.1) is 0 Å². The highest BCUT2D eigenvalue weighted by atomic mass is 32.2. The number of rotatable bonds is 6. The van der Waals surface area contributed by atoms with Crippen molar-refractivity contribution in [2.75, 3.05) is 26.0 Å². The predicted molar refractivity (Wildman–Crippen MR) is 124 cm³/mol. The largest absolute Gasteiger partial charge is 0.477 e. The van der Waals surface area contributed by atoms with Gasteiger partial charge in [-0.2, -0.15) is 0 Å². The lowest BCUT2D eigenvalue weighted by atomic mass is 9.87. The van der Waals surface area contributed by atoms with E-state index in [1.54, 1.807) is 30.5 Å². The molecule has 0 N–H and O–H groups in total. The second-order valence-electron chi connectivity index (χ2n) is 9.10. The first-order valence-electron chi connectivity index (χ1n) is 11.6. The van der Waals surface area contributed by atoms with Gasteiger partial charge >= 0.3 is 0 Å². The third-order valence-corrected chi connectivity index (χ3v) is 7.83. The van der Waals surface area contributed by atoms with Gasteiger partial charge < -0.3 is 9.64 Å². The van der Waals surface area contributed by atoms with E-state index >= 15 is 0 Å². The lowest BCUT2D eigenvalue weighted by Crippen LogP contribution is -2.43. The number of piperidine rings is 1. The summed E-state index contributed by atoms with van der Waals surface area (Å²) in [5.41, 5.74) is 1.82. The van der Waals surface area contributed by atoms with Crippen LogP contribution in [0.5, 0.6) is 5.88 Å². The van der Waals surface area contributed by atoms with Gasteiger partial charge in [-0.1, -0.05) is 31.4 Å². The van der Waals surface area contributed by atoms with Gasteiger partial charge in [0.05, 0.1) is 11.5 Å². The number of sulfone groups is 1. The molecule has 2 aromatic rings. The zero-order chi connectivity index (χ0) is 22.6. The van der Waals surface area contributed by atoms with Crippen molar-refractivity contribution in [2.24, 2.45) is 11.8 Å². The van der Waals surface area contributed by atoms with Crippen molar-refractivity contribution in [2.45, 2.75) is 49.8 Å². The fourth-order valence-corrected chi connectivity index (χ4v) is 5.29. The van der Waals surface area contributed by atoms with E-state index in [0.717, 1.165) is 49.9 Å². The van der Waals surface area contributed by atoms with Gasteiger partial charge in [0.25, 0.3) is 0 Å². The third-order valence-electron chi connectivity index (χ3n) is 6.70. The van der Waals surface area contributed by atoms with E-state index in [-0.39, 0.29) is 5.92 Å². The van der Waals surface area contributed by atoms with Crippen LogP contribution in [0, 0.1) is 11.8 Å². The van der Waals surface area contributed by atoms with Gasteiger partial charge in [0.1, 0.15) is 0 Å². The Morgan fingerprint density at radius 1 is 0.969 bits per heavy atom. The number of aromatic nitrogens is 1. The van der Waals surface area contributed by atoms with Crippen LogP contribution in [0.2, 0.25) is 0 Å². The smallest absolute Gasteiger partial charge is 0.225 e. The molecule has 6 nitrogen and oxygen atoms in total. The minimum Gasteiger partial charge on any atom is -0.477 e. The fraction of sp³-hybridized carbons (Fsp3) is 0.520. The molecule has 172 valence electrons. The summed E-state index contributed by atoms with van der Waals surface area (Å²) in [6.45, 7) is 2.28. The number of amides is 1. The molecule has 32 heavy (non-hydrogen) atoms. The van der Waals surface area contributed by atoms with Gasteiger partial charge in [0.15, 0.2) is 9.84 Å². The summed E-state index contributed by atoms with van der Waals surface area (Å²) in [5.74, 6) is 1.64. The molecule has 1 amide bonds. The molecule has 0 bridgehead atoms. The lowest BCUT2D eigenvalue weighted by molar-refractivity contribution is -0.138. The minimum atomic E-state index is -3.20. The Kier molecular flexibility index (Phi) is 7.13. The van der Waals surface area contributed by atoms with Crippen LogP contribution >= 0.6 is 0 Å². The molecule has 0 unspecified atom stereocenters. The zero-order valence-electron chi connectivity index (χ0n) is 18.7. The van der Waals surface area contributed by atoms with Crippen molar-refractivity contribution in [3.05, 3.63) is 42.6 Å². The maximum atomic E-state index is 12.7.